The summed E-state index contributed by atoms with van der Waals surface area (Å²) in [5, 5.41) is 3.70. The second-order valence-corrected chi connectivity index (χ2v) is 7.16. The number of halogens is 3. The minimum Gasteiger partial charge on any atom is -0.493 e. The van der Waals surface area contributed by atoms with E-state index in [1.165, 1.54) is 12.1 Å². The van der Waals surface area contributed by atoms with Crippen molar-refractivity contribution in [2.45, 2.75) is 13.2 Å². The molecule has 0 aliphatic carbocycles. The van der Waals surface area contributed by atoms with Crippen molar-refractivity contribution in [3.63, 3.8) is 0 Å². The smallest absolute Gasteiger partial charge is 0.166 e. The van der Waals surface area contributed by atoms with Crippen LogP contribution in [0.3, 0.4) is 0 Å². The Bertz CT molecular complexity index is 919. The van der Waals surface area contributed by atoms with Gasteiger partial charge in [0, 0.05) is 27.8 Å². The normalized spacial score (nSPS) is 10.5. The highest BCUT2D eigenvalue weighted by atomic mass is 79.9. The molecule has 0 unspecified atom stereocenters. The molecule has 0 spiro atoms. The fourth-order valence-corrected chi connectivity index (χ4v) is 3.06. The van der Waals surface area contributed by atoms with Gasteiger partial charge in [0.2, 0.25) is 0 Å². The molecule has 0 aliphatic heterocycles. The van der Waals surface area contributed by atoms with Crippen molar-refractivity contribution in [2.24, 2.45) is 0 Å². The maximum Gasteiger partial charge on any atom is 0.166 e. The molecule has 1 N–H and O–H groups in total. The van der Waals surface area contributed by atoms with E-state index >= 15 is 0 Å². The number of hydrogen-bond donors (Lipinski definition) is 1. The van der Waals surface area contributed by atoms with Gasteiger partial charge in [-0.05, 0) is 42.5 Å². The Morgan fingerprint density at radius 2 is 1.81 bits per heavy atom. The van der Waals surface area contributed by atoms with E-state index in [4.69, 9.17) is 21.1 Å². The lowest BCUT2D eigenvalue weighted by Crippen LogP contribution is -2.05. The molecule has 3 aromatic rings. The molecule has 3 aromatic carbocycles. The number of benzene rings is 3. The molecule has 0 aliphatic rings. The first-order valence-corrected chi connectivity index (χ1v) is 9.46. The van der Waals surface area contributed by atoms with Gasteiger partial charge in [0.1, 0.15) is 12.4 Å². The standard InChI is InChI=1S/C21H18BrClFNO2/c1-26-20-4-2-3-14(12-25-18-9-6-16(22)7-10-18)21(20)27-13-15-5-8-17(24)11-19(15)23/h2-11,25H,12-13H2,1H3. The number of ether oxygens (including phenoxy) is 2. The summed E-state index contributed by atoms with van der Waals surface area (Å²) in [5.41, 5.74) is 2.64. The Hall–Kier alpha value is -2.24. The van der Waals surface area contributed by atoms with Crippen LogP contribution in [0.5, 0.6) is 11.5 Å². The quantitative estimate of drug-likeness (QED) is 0.449. The maximum atomic E-state index is 13.2. The number of rotatable bonds is 7. The van der Waals surface area contributed by atoms with E-state index in [-0.39, 0.29) is 12.4 Å². The van der Waals surface area contributed by atoms with Crippen molar-refractivity contribution in [3.05, 3.63) is 87.1 Å². The SMILES string of the molecule is COc1cccc(CNc2ccc(Br)cc2)c1OCc1ccc(F)cc1Cl. The third-order valence-electron chi connectivity index (χ3n) is 3.99. The first kappa shape index (κ1) is 19.5. The molecule has 0 amide bonds. The van der Waals surface area contributed by atoms with Gasteiger partial charge in [-0.15, -0.1) is 0 Å². The summed E-state index contributed by atoms with van der Waals surface area (Å²) >= 11 is 9.52. The van der Waals surface area contributed by atoms with Crippen molar-refractivity contribution in [1.29, 1.82) is 0 Å². The maximum absolute atomic E-state index is 13.2. The van der Waals surface area contributed by atoms with E-state index < -0.39 is 0 Å². The molecule has 3 rings (SSSR count). The monoisotopic (exact) mass is 449 g/mol. The molecular formula is C21H18BrClFNO2. The molecule has 0 aromatic heterocycles. The number of methoxy groups -OCH3 is 1. The van der Waals surface area contributed by atoms with Crippen molar-refractivity contribution in [1.82, 2.24) is 0 Å². The van der Waals surface area contributed by atoms with Gasteiger partial charge in [0.15, 0.2) is 11.5 Å². The van der Waals surface area contributed by atoms with E-state index in [9.17, 15) is 4.39 Å². The average Bonchev–Trinajstić information content (AvgIpc) is 2.67. The van der Waals surface area contributed by atoms with Gasteiger partial charge in [0.05, 0.1) is 12.1 Å². The zero-order valence-corrected chi connectivity index (χ0v) is 17.0. The van der Waals surface area contributed by atoms with Gasteiger partial charge in [-0.1, -0.05) is 45.7 Å². The molecular weight excluding hydrogens is 433 g/mol. The topological polar surface area (TPSA) is 30.5 Å². The summed E-state index contributed by atoms with van der Waals surface area (Å²) in [4.78, 5) is 0. The van der Waals surface area contributed by atoms with Crippen LogP contribution in [-0.4, -0.2) is 7.11 Å². The fraction of sp³-hybridized carbons (Fsp3) is 0.143. The van der Waals surface area contributed by atoms with E-state index in [0.717, 1.165) is 15.7 Å². The molecule has 0 atom stereocenters. The predicted octanol–water partition coefficient (Wildman–Crippen LogP) is 6.44. The Kier molecular flexibility index (Phi) is 6.58. The summed E-state index contributed by atoms with van der Waals surface area (Å²) < 4.78 is 25.7. The lowest BCUT2D eigenvalue weighted by atomic mass is 10.1. The van der Waals surface area contributed by atoms with Crippen LogP contribution in [0, 0.1) is 5.82 Å². The third kappa shape index (κ3) is 5.15. The second kappa shape index (κ2) is 9.11. The molecule has 27 heavy (non-hydrogen) atoms. The Labute approximate surface area is 171 Å². The lowest BCUT2D eigenvalue weighted by Gasteiger charge is -2.16. The van der Waals surface area contributed by atoms with Gasteiger partial charge in [-0.3, -0.25) is 0 Å². The largest absolute Gasteiger partial charge is 0.493 e. The van der Waals surface area contributed by atoms with Crippen molar-refractivity contribution in [3.8, 4) is 11.5 Å². The van der Waals surface area contributed by atoms with Crippen LogP contribution in [0.15, 0.2) is 65.1 Å². The van der Waals surface area contributed by atoms with Gasteiger partial charge in [-0.2, -0.15) is 0 Å². The van der Waals surface area contributed by atoms with E-state index in [1.54, 1.807) is 13.2 Å². The highest BCUT2D eigenvalue weighted by molar-refractivity contribution is 9.10. The van der Waals surface area contributed by atoms with Crippen LogP contribution < -0.4 is 14.8 Å². The van der Waals surface area contributed by atoms with E-state index in [2.05, 4.69) is 21.2 Å². The molecule has 3 nitrogen and oxygen atoms in total. The van der Waals surface area contributed by atoms with Crippen LogP contribution in [0.1, 0.15) is 11.1 Å². The molecule has 0 bridgehead atoms. The van der Waals surface area contributed by atoms with Crippen LogP contribution >= 0.6 is 27.5 Å². The Morgan fingerprint density at radius 1 is 1.04 bits per heavy atom. The van der Waals surface area contributed by atoms with Crippen molar-refractivity contribution < 1.29 is 13.9 Å². The summed E-state index contributed by atoms with van der Waals surface area (Å²) in [7, 11) is 1.60. The minimum absolute atomic E-state index is 0.213. The predicted molar refractivity (Wildman–Crippen MR) is 110 cm³/mol. The van der Waals surface area contributed by atoms with E-state index in [1.807, 2.05) is 42.5 Å². The number of hydrogen-bond acceptors (Lipinski definition) is 3. The molecule has 140 valence electrons. The van der Waals surface area contributed by atoms with Gasteiger partial charge >= 0.3 is 0 Å². The van der Waals surface area contributed by atoms with Gasteiger partial charge in [-0.25, -0.2) is 4.39 Å². The first-order chi connectivity index (χ1) is 13.1. The minimum atomic E-state index is -0.375. The van der Waals surface area contributed by atoms with Crippen LogP contribution in [0.4, 0.5) is 10.1 Å². The lowest BCUT2D eigenvalue weighted by molar-refractivity contribution is 0.281. The van der Waals surface area contributed by atoms with Gasteiger partial charge in [0.25, 0.3) is 0 Å². The number of para-hydroxylation sites is 1. The molecule has 0 heterocycles. The second-order valence-electron chi connectivity index (χ2n) is 5.83. The van der Waals surface area contributed by atoms with Gasteiger partial charge < -0.3 is 14.8 Å². The van der Waals surface area contributed by atoms with Crippen molar-refractivity contribution in [2.75, 3.05) is 12.4 Å². The highest BCUT2D eigenvalue weighted by Crippen LogP contribution is 2.33. The fourth-order valence-electron chi connectivity index (χ4n) is 2.58. The zero-order chi connectivity index (χ0) is 19.2. The zero-order valence-electron chi connectivity index (χ0n) is 14.6. The van der Waals surface area contributed by atoms with Crippen molar-refractivity contribution >= 4 is 33.2 Å². The first-order valence-electron chi connectivity index (χ1n) is 8.29. The number of nitrogens with one attached hydrogen (secondary N) is 1. The summed E-state index contributed by atoms with van der Waals surface area (Å²) in [6.07, 6.45) is 0. The Morgan fingerprint density at radius 3 is 2.52 bits per heavy atom. The summed E-state index contributed by atoms with van der Waals surface area (Å²) in [6, 6.07) is 17.9. The molecule has 0 saturated carbocycles. The van der Waals surface area contributed by atoms with E-state index in [0.29, 0.717) is 28.6 Å². The van der Waals surface area contributed by atoms with Crippen LogP contribution in [0.25, 0.3) is 0 Å². The average molecular weight is 451 g/mol. The molecule has 6 heteroatoms. The van der Waals surface area contributed by atoms with Crippen LogP contribution in [0.2, 0.25) is 5.02 Å². The molecule has 0 radical (unpaired) electrons. The van der Waals surface area contributed by atoms with Crippen LogP contribution in [-0.2, 0) is 13.2 Å². The third-order valence-corrected chi connectivity index (χ3v) is 4.88. The summed E-state index contributed by atoms with van der Waals surface area (Å²) in [6.45, 7) is 0.774. The highest BCUT2D eigenvalue weighted by Gasteiger charge is 2.12. The molecule has 0 saturated heterocycles. The number of anilines is 1. The Balaban J connectivity index is 1.77. The summed E-state index contributed by atoms with van der Waals surface area (Å²) in [5.74, 6) is 0.883. The molecule has 0 fully saturated rings.